The Labute approximate surface area is 126 Å². The molecule has 0 atom stereocenters. The van der Waals surface area contributed by atoms with Gasteiger partial charge >= 0.3 is 0 Å². The summed E-state index contributed by atoms with van der Waals surface area (Å²) in [6.45, 7) is -0.0310. The van der Waals surface area contributed by atoms with Crippen LogP contribution in [0.3, 0.4) is 0 Å². The molecule has 22 heavy (non-hydrogen) atoms. The van der Waals surface area contributed by atoms with Crippen LogP contribution < -0.4 is 14.8 Å². The first kappa shape index (κ1) is 15.8. The van der Waals surface area contributed by atoms with E-state index in [-0.39, 0.29) is 12.4 Å². The first-order valence-electron chi connectivity index (χ1n) is 6.56. The molecule has 0 saturated carbocycles. The number of methoxy groups -OCH3 is 1. The van der Waals surface area contributed by atoms with Crippen LogP contribution in [0.5, 0.6) is 11.5 Å². The number of hydrogen-bond acceptors (Lipinski definition) is 3. The molecule has 0 saturated heterocycles. The predicted octanol–water partition coefficient (Wildman–Crippen LogP) is 2.67. The summed E-state index contributed by atoms with van der Waals surface area (Å²) in [5.74, 6) is -1.39. The van der Waals surface area contributed by atoms with Crippen molar-refractivity contribution >= 4 is 5.91 Å². The molecule has 6 heteroatoms. The maximum atomic E-state index is 13.3. The summed E-state index contributed by atoms with van der Waals surface area (Å²) in [6.07, 6.45) is 0. The van der Waals surface area contributed by atoms with E-state index in [1.165, 1.54) is 0 Å². The second-order valence-corrected chi connectivity index (χ2v) is 4.49. The molecule has 0 aliphatic heterocycles. The van der Waals surface area contributed by atoms with E-state index in [4.69, 9.17) is 9.47 Å². The highest BCUT2D eigenvalue weighted by atomic mass is 19.1. The van der Waals surface area contributed by atoms with Gasteiger partial charge in [0.2, 0.25) is 0 Å². The van der Waals surface area contributed by atoms with Gasteiger partial charge in [0.1, 0.15) is 11.6 Å². The maximum Gasteiger partial charge on any atom is 0.258 e. The van der Waals surface area contributed by atoms with Gasteiger partial charge in [-0.1, -0.05) is 12.1 Å². The Hall–Kier alpha value is -2.63. The fourth-order valence-electron chi connectivity index (χ4n) is 1.73. The first-order valence-corrected chi connectivity index (χ1v) is 6.56. The number of nitrogens with one attached hydrogen (secondary N) is 1. The van der Waals surface area contributed by atoms with Gasteiger partial charge in [-0.2, -0.15) is 0 Å². The predicted molar refractivity (Wildman–Crippen MR) is 76.7 cm³/mol. The lowest BCUT2D eigenvalue weighted by Crippen LogP contribution is -2.28. The molecule has 2 rings (SSSR count). The molecule has 0 aliphatic rings. The normalized spacial score (nSPS) is 10.1. The Balaban J connectivity index is 1.80. The van der Waals surface area contributed by atoms with Gasteiger partial charge in [-0.25, -0.2) is 8.78 Å². The van der Waals surface area contributed by atoms with Crippen LogP contribution in [-0.4, -0.2) is 19.6 Å². The zero-order valence-electron chi connectivity index (χ0n) is 11.9. The fraction of sp³-hybridized carbons (Fsp3) is 0.188. The minimum Gasteiger partial charge on any atom is -0.497 e. The summed E-state index contributed by atoms with van der Waals surface area (Å²) in [4.78, 5) is 11.6. The Morgan fingerprint density at radius 1 is 1.14 bits per heavy atom. The molecule has 116 valence electrons. The summed E-state index contributed by atoms with van der Waals surface area (Å²) in [6, 6.07) is 10.1. The van der Waals surface area contributed by atoms with Gasteiger partial charge in [-0.3, -0.25) is 4.79 Å². The number of ether oxygens (including phenoxy) is 2. The summed E-state index contributed by atoms with van der Waals surface area (Å²) in [5.41, 5.74) is 0.891. The summed E-state index contributed by atoms with van der Waals surface area (Å²) >= 11 is 0. The van der Waals surface area contributed by atoms with Gasteiger partial charge in [0, 0.05) is 12.6 Å². The molecule has 4 nitrogen and oxygen atoms in total. The van der Waals surface area contributed by atoms with Gasteiger partial charge in [-0.05, 0) is 29.8 Å². The third kappa shape index (κ3) is 4.44. The van der Waals surface area contributed by atoms with E-state index in [1.807, 2.05) is 12.1 Å². The molecular weight excluding hydrogens is 292 g/mol. The van der Waals surface area contributed by atoms with E-state index in [2.05, 4.69) is 5.32 Å². The van der Waals surface area contributed by atoms with Gasteiger partial charge in [0.25, 0.3) is 5.91 Å². The van der Waals surface area contributed by atoms with Crippen molar-refractivity contribution in [2.75, 3.05) is 13.7 Å². The molecule has 0 bridgehead atoms. The summed E-state index contributed by atoms with van der Waals surface area (Å²) in [5, 5.41) is 2.64. The van der Waals surface area contributed by atoms with Crippen molar-refractivity contribution < 1.29 is 23.0 Å². The SMILES string of the molecule is COc1ccc(CNC(=O)COc2ccc(F)cc2F)cc1. The van der Waals surface area contributed by atoms with Crippen LogP contribution in [0.25, 0.3) is 0 Å². The van der Waals surface area contributed by atoms with Crippen LogP contribution in [0, 0.1) is 11.6 Å². The molecular formula is C16H15F2NO3. The third-order valence-corrected chi connectivity index (χ3v) is 2.90. The van der Waals surface area contributed by atoms with E-state index in [1.54, 1.807) is 19.2 Å². The largest absolute Gasteiger partial charge is 0.497 e. The third-order valence-electron chi connectivity index (χ3n) is 2.90. The smallest absolute Gasteiger partial charge is 0.258 e. The maximum absolute atomic E-state index is 13.3. The van der Waals surface area contributed by atoms with Crippen LogP contribution in [0.2, 0.25) is 0 Å². The molecule has 0 aliphatic carbocycles. The zero-order chi connectivity index (χ0) is 15.9. The fourth-order valence-corrected chi connectivity index (χ4v) is 1.73. The lowest BCUT2D eigenvalue weighted by molar-refractivity contribution is -0.123. The molecule has 0 aromatic heterocycles. The highest BCUT2D eigenvalue weighted by Crippen LogP contribution is 2.17. The number of rotatable bonds is 6. The molecule has 1 N–H and O–H groups in total. The molecule has 2 aromatic carbocycles. The standard InChI is InChI=1S/C16H15F2NO3/c1-21-13-5-2-11(3-6-13)9-19-16(20)10-22-15-7-4-12(17)8-14(15)18/h2-8H,9-10H2,1H3,(H,19,20). The van der Waals surface area contributed by atoms with Crippen LogP contribution in [0.15, 0.2) is 42.5 Å². The number of amides is 1. The van der Waals surface area contributed by atoms with E-state index in [9.17, 15) is 13.6 Å². The minimum atomic E-state index is -0.844. The van der Waals surface area contributed by atoms with E-state index in [0.717, 1.165) is 23.4 Å². The van der Waals surface area contributed by atoms with Crippen LogP contribution in [-0.2, 0) is 11.3 Å². The second kappa shape index (κ2) is 7.40. The average molecular weight is 307 g/mol. The highest BCUT2D eigenvalue weighted by Gasteiger charge is 2.08. The molecule has 0 fully saturated rings. The molecule has 1 amide bonds. The number of benzene rings is 2. The highest BCUT2D eigenvalue weighted by molar-refractivity contribution is 5.77. The number of carbonyl (C=O) groups is 1. The minimum absolute atomic E-state index is 0.166. The second-order valence-electron chi connectivity index (χ2n) is 4.49. The number of carbonyl (C=O) groups excluding carboxylic acids is 1. The Morgan fingerprint density at radius 3 is 2.50 bits per heavy atom. The number of halogens is 2. The number of hydrogen-bond donors (Lipinski definition) is 1. The van der Waals surface area contributed by atoms with Crippen molar-refractivity contribution in [3.05, 3.63) is 59.7 Å². The molecule has 0 radical (unpaired) electrons. The van der Waals surface area contributed by atoms with Crippen molar-refractivity contribution in [2.45, 2.75) is 6.54 Å². The Bertz CT molecular complexity index is 644. The lowest BCUT2D eigenvalue weighted by Gasteiger charge is -2.08. The van der Waals surface area contributed by atoms with E-state index in [0.29, 0.717) is 12.6 Å². The van der Waals surface area contributed by atoms with Crippen molar-refractivity contribution in [3.63, 3.8) is 0 Å². The first-order chi connectivity index (χ1) is 10.6. The van der Waals surface area contributed by atoms with Crippen LogP contribution in [0.4, 0.5) is 8.78 Å². The Kier molecular flexibility index (Phi) is 5.30. The molecule has 0 unspecified atom stereocenters. The van der Waals surface area contributed by atoms with Crippen LogP contribution >= 0.6 is 0 Å². The topological polar surface area (TPSA) is 47.6 Å². The molecule has 2 aromatic rings. The molecule has 0 heterocycles. The van der Waals surface area contributed by atoms with Gasteiger partial charge in [0.05, 0.1) is 7.11 Å². The van der Waals surface area contributed by atoms with Crippen LogP contribution in [0.1, 0.15) is 5.56 Å². The quantitative estimate of drug-likeness (QED) is 0.892. The van der Waals surface area contributed by atoms with Gasteiger partial charge in [0.15, 0.2) is 18.2 Å². The van der Waals surface area contributed by atoms with E-state index >= 15 is 0 Å². The van der Waals surface area contributed by atoms with Crippen molar-refractivity contribution in [1.29, 1.82) is 0 Å². The van der Waals surface area contributed by atoms with Crippen molar-refractivity contribution in [2.24, 2.45) is 0 Å². The lowest BCUT2D eigenvalue weighted by atomic mass is 10.2. The summed E-state index contributed by atoms with van der Waals surface area (Å²) in [7, 11) is 1.57. The average Bonchev–Trinajstić information content (AvgIpc) is 2.52. The van der Waals surface area contributed by atoms with E-state index < -0.39 is 17.5 Å². The Morgan fingerprint density at radius 2 is 1.86 bits per heavy atom. The van der Waals surface area contributed by atoms with Crippen molar-refractivity contribution in [3.8, 4) is 11.5 Å². The zero-order valence-corrected chi connectivity index (χ0v) is 11.9. The van der Waals surface area contributed by atoms with Gasteiger partial charge in [-0.15, -0.1) is 0 Å². The summed E-state index contributed by atoms with van der Waals surface area (Å²) < 4.78 is 36.1. The van der Waals surface area contributed by atoms with Gasteiger partial charge < -0.3 is 14.8 Å². The molecule has 0 spiro atoms. The van der Waals surface area contributed by atoms with Crippen molar-refractivity contribution in [1.82, 2.24) is 5.32 Å². The monoisotopic (exact) mass is 307 g/mol.